The van der Waals surface area contributed by atoms with Gasteiger partial charge in [0.15, 0.2) is 0 Å². The highest BCUT2D eigenvalue weighted by Crippen LogP contribution is 2.37. The Morgan fingerprint density at radius 2 is 1.00 bits per heavy atom. The van der Waals surface area contributed by atoms with Crippen LogP contribution in [0.15, 0.2) is 0 Å². The van der Waals surface area contributed by atoms with Crippen LogP contribution in [0.5, 0.6) is 0 Å². The average Bonchev–Trinajstić information content (AvgIpc) is 2.82. The summed E-state index contributed by atoms with van der Waals surface area (Å²) in [4.78, 5) is 32.5. The summed E-state index contributed by atoms with van der Waals surface area (Å²) in [7, 11) is 0. The molecule has 0 saturated carbocycles. The van der Waals surface area contributed by atoms with Crippen molar-refractivity contribution in [2.45, 2.75) is 146 Å². The van der Waals surface area contributed by atoms with E-state index in [4.69, 9.17) is 19.9 Å². The highest BCUT2D eigenvalue weighted by atomic mass is 17.6. The van der Waals surface area contributed by atoms with Gasteiger partial charge in [0.25, 0.3) is 0 Å². The zero-order valence-electron chi connectivity index (χ0n) is 23.7. The fourth-order valence-corrected chi connectivity index (χ4v) is 4.36. The van der Waals surface area contributed by atoms with Gasteiger partial charge in [-0.15, -0.1) is 0 Å². The van der Waals surface area contributed by atoms with Crippen molar-refractivity contribution in [3.63, 3.8) is 0 Å². The lowest BCUT2D eigenvalue weighted by molar-refractivity contribution is -0.550. The monoisotopic (exact) mass is 490 g/mol. The van der Waals surface area contributed by atoms with Crippen molar-refractivity contribution in [3.05, 3.63) is 0 Å². The molecule has 4 unspecified atom stereocenters. The van der Waals surface area contributed by atoms with Crippen LogP contribution in [-0.2, 0) is 29.6 Å². The average molecular weight is 491 g/mol. The SMILES string of the molecule is CCCCC(CC)C(OOOC(=O)OOOC(C(CC)CCCC)C(C)(C)CC)C(C)(C)CC. The lowest BCUT2D eigenvalue weighted by atomic mass is 9.75. The van der Waals surface area contributed by atoms with Crippen LogP contribution in [0.1, 0.15) is 133 Å². The number of unbranched alkanes of at least 4 members (excludes halogenated alkanes) is 2. The van der Waals surface area contributed by atoms with E-state index in [2.05, 4.69) is 79.0 Å². The van der Waals surface area contributed by atoms with Crippen LogP contribution in [0.25, 0.3) is 0 Å². The quantitative estimate of drug-likeness (QED) is 0.125. The second-order valence-electron chi connectivity index (χ2n) is 10.9. The van der Waals surface area contributed by atoms with Crippen molar-refractivity contribution in [2.75, 3.05) is 0 Å². The molecule has 0 amide bonds. The third-order valence-electron chi connectivity index (χ3n) is 7.61. The Balaban J connectivity index is 4.86. The lowest BCUT2D eigenvalue weighted by Gasteiger charge is -2.37. The second-order valence-corrected chi connectivity index (χ2v) is 10.9. The van der Waals surface area contributed by atoms with Crippen molar-refractivity contribution >= 4 is 6.16 Å². The molecule has 0 aliphatic rings. The predicted molar refractivity (Wildman–Crippen MR) is 134 cm³/mol. The summed E-state index contributed by atoms with van der Waals surface area (Å²) >= 11 is 0. The Bertz CT molecular complexity index is 477. The molecule has 0 aromatic carbocycles. The van der Waals surface area contributed by atoms with Crippen molar-refractivity contribution in [1.29, 1.82) is 0 Å². The number of hydrogen-bond donors (Lipinski definition) is 0. The van der Waals surface area contributed by atoms with Gasteiger partial charge in [0.1, 0.15) is 12.2 Å². The molecule has 0 radical (unpaired) electrons. The summed E-state index contributed by atoms with van der Waals surface area (Å²) in [6, 6.07) is 0. The fourth-order valence-electron chi connectivity index (χ4n) is 4.36. The molecule has 34 heavy (non-hydrogen) atoms. The van der Waals surface area contributed by atoms with E-state index < -0.39 is 6.16 Å². The normalized spacial score (nSPS) is 16.1. The molecule has 0 aromatic heterocycles. The van der Waals surface area contributed by atoms with Gasteiger partial charge in [-0.1, -0.05) is 108 Å². The Hall–Kier alpha value is -0.890. The third kappa shape index (κ3) is 11.7. The Kier molecular flexibility index (Phi) is 17.1. The minimum Gasteiger partial charge on any atom is -0.226 e. The van der Waals surface area contributed by atoms with E-state index in [1.54, 1.807) is 0 Å². The van der Waals surface area contributed by atoms with E-state index in [1.807, 2.05) is 0 Å². The smallest absolute Gasteiger partial charge is 0.226 e. The summed E-state index contributed by atoms with van der Waals surface area (Å²) < 4.78 is 0. The molecule has 204 valence electrons. The first kappa shape index (κ1) is 33.1. The van der Waals surface area contributed by atoms with Crippen LogP contribution in [0.3, 0.4) is 0 Å². The predicted octanol–water partition coefficient (Wildman–Crippen LogP) is 8.91. The standard InChI is InChI=1S/C27H54O7/c1-11-17-19-21(13-3)23(26(7,8)15-5)29-33-31-25(28)32-34-30-24(27(9,10)16-6)22(14-4)20-18-12-2/h21-24H,11-20H2,1-10H3. The minimum atomic E-state index is -1.18. The van der Waals surface area contributed by atoms with E-state index in [1.165, 1.54) is 0 Å². The molecule has 7 heteroatoms. The maximum atomic E-state index is 12.0. The molecule has 0 spiro atoms. The lowest BCUT2D eigenvalue weighted by Crippen LogP contribution is -2.39. The van der Waals surface area contributed by atoms with Gasteiger partial charge in [-0.05, 0) is 58.4 Å². The van der Waals surface area contributed by atoms with Gasteiger partial charge in [-0.3, -0.25) is 0 Å². The molecular weight excluding hydrogens is 436 g/mol. The number of carbonyl (C=O) groups is 1. The number of rotatable bonds is 20. The van der Waals surface area contributed by atoms with Crippen LogP contribution in [0.4, 0.5) is 4.79 Å². The first-order chi connectivity index (χ1) is 16.0. The second kappa shape index (κ2) is 17.5. The molecule has 0 rings (SSSR count). The molecule has 7 nitrogen and oxygen atoms in total. The van der Waals surface area contributed by atoms with Gasteiger partial charge in [0, 0.05) is 0 Å². The molecule has 0 saturated heterocycles. The van der Waals surface area contributed by atoms with E-state index in [0.717, 1.165) is 64.2 Å². The molecular formula is C27H54O7. The molecule has 4 atom stereocenters. The van der Waals surface area contributed by atoms with Gasteiger partial charge in [-0.25, -0.2) is 9.78 Å². The molecule has 0 heterocycles. The van der Waals surface area contributed by atoms with Crippen LogP contribution in [0.2, 0.25) is 0 Å². The molecule has 0 bridgehead atoms. The number of hydrogen-bond acceptors (Lipinski definition) is 7. The third-order valence-corrected chi connectivity index (χ3v) is 7.61. The van der Waals surface area contributed by atoms with Gasteiger partial charge in [-0.2, -0.15) is 14.6 Å². The van der Waals surface area contributed by atoms with Crippen LogP contribution >= 0.6 is 0 Å². The van der Waals surface area contributed by atoms with Gasteiger partial charge in [0.05, 0.1) is 0 Å². The van der Waals surface area contributed by atoms with E-state index >= 15 is 0 Å². The molecule has 0 N–H and O–H groups in total. The van der Waals surface area contributed by atoms with Crippen LogP contribution in [0, 0.1) is 22.7 Å². The van der Waals surface area contributed by atoms with Gasteiger partial charge >= 0.3 is 6.16 Å². The highest BCUT2D eigenvalue weighted by molar-refractivity contribution is 5.57. The van der Waals surface area contributed by atoms with E-state index in [0.29, 0.717) is 11.8 Å². The topological polar surface area (TPSA) is 72.5 Å². The zero-order valence-corrected chi connectivity index (χ0v) is 23.7. The van der Waals surface area contributed by atoms with Gasteiger partial charge < -0.3 is 0 Å². The molecule has 0 aliphatic carbocycles. The summed E-state index contributed by atoms with van der Waals surface area (Å²) in [5, 5.41) is 9.73. The van der Waals surface area contributed by atoms with Crippen molar-refractivity contribution in [1.82, 2.24) is 0 Å². The molecule has 0 fully saturated rings. The first-order valence-corrected chi connectivity index (χ1v) is 13.6. The number of carbonyl (C=O) groups excluding carboxylic acids is 1. The Labute approximate surface area is 209 Å². The van der Waals surface area contributed by atoms with Crippen molar-refractivity contribution < 1.29 is 34.4 Å². The van der Waals surface area contributed by atoms with E-state index in [9.17, 15) is 4.79 Å². The van der Waals surface area contributed by atoms with Crippen LogP contribution in [-0.4, -0.2) is 18.4 Å². The first-order valence-electron chi connectivity index (χ1n) is 13.6. The molecule has 0 aromatic rings. The Morgan fingerprint density at radius 1 is 0.647 bits per heavy atom. The summed E-state index contributed by atoms with van der Waals surface area (Å²) in [6.45, 7) is 21.4. The Morgan fingerprint density at radius 3 is 1.26 bits per heavy atom. The van der Waals surface area contributed by atoms with Crippen molar-refractivity contribution in [3.8, 4) is 0 Å². The minimum absolute atomic E-state index is 0.145. The van der Waals surface area contributed by atoms with Crippen LogP contribution < -0.4 is 0 Å². The summed E-state index contributed by atoms with van der Waals surface area (Å²) in [5.41, 5.74) is -0.290. The van der Waals surface area contributed by atoms with Gasteiger partial charge in [0.2, 0.25) is 0 Å². The fraction of sp³-hybridized carbons (Fsp3) is 0.963. The highest BCUT2D eigenvalue weighted by Gasteiger charge is 2.37. The summed E-state index contributed by atoms with van der Waals surface area (Å²) in [6.07, 6.45) is 8.57. The van der Waals surface area contributed by atoms with Crippen molar-refractivity contribution in [2.24, 2.45) is 22.7 Å². The van der Waals surface area contributed by atoms with E-state index in [-0.39, 0.29) is 23.0 Å². The largest absolute Gasteiger partial charge is 0.577 e. The zero-order chi connectivity index (χ0) is 26.2. The maximum absolute atomic E-state index is 12.0. The molecule has 0 aliphatic heterocycles. The summed E-state index contributed by atoms with van der Waals surface area (Å²) in [5.74, 6) is 0.584. The maximum Gasteiger partial charge on any atom is 0.577 e.